The van der Waals surface area contributed by atoms with Crippen LogP contribution in [0.3, 0.4) is 0 Å². The van der Waals surface area contributed by atoms with Crippen molar-refractivity contribution in [2.75, 3.05) is 12.9 Å². The number of carbonyl (C=O) groups excluding carboxylic acids is 2. The number of thioether (sulfide) groups is 1. The number of carbonyl (C=O) groups is 2. The van der Waals surface area contributed by atoms with Gasteiger partial charge in [0.1, 0.15) is 17.6 Å². The zero-order valence-electron chi connectivity index (χ0n) is 17.9. The van der Waals surface area contributed by atoms with Crippen molar-refractivity contribution in [3.63, 3.8) is 0 Å². The molecule has 1 atom stereocenters. The third-order valence-corrected chi connectivity index (χ3v) is 5.48. The smallest absolute Gasteiger partial charge is 0.242 e. The van der Waals surface area contributed by atoms with Crippen molar-refractivity contribution in [3.8, 4) is 5.75 Å². The molecule has 5 nitrogen and oxygen atoms in total. The van der Waals surface area contributed by atoms with E-state index in [2.05, 4.69) is 5.32 Å². The van der Waals surface area contributed by atoms with Gasteiger partial charge in [0.15, 0.2) is 0 Å². The average Bonchev–Trinajstić information content (AvgIpc) is 2.72. The molecule has 0 radical (unpaired) electrons. The fraction of sp³-hybridized carbons (Fsp3) is 0.391. The summed E-state index contributed by atoms with van der Waals surface area (Å²) in [6.45, 7) is 5.81. The number of nitrogens with one attached hydrogen (secondary N) is 1. The lowest BCUT2D eigenvalue weighted by Crippen LogP contribution is -2.49. The Bertz CT molecular complexity index is 843. The predicted octanol–water partition coefficient (Wildman–Crippen LogP) is 4.01. The Hall–Kier alpha value is -2.54. The molecule has 1 N–H and O–H groups in total. The van der Waals surface area contributed by atoms with Crippen LogP contribution in [0, 0.1) is 5.82 Å². The van der Waals surface area contributed by atoms with E-state index in [1.54, 1.807) is 31.1 Å². The van der Waals surface area contributed by atoms with Gasteiger partial charge in [0.2, 0.25) is 11.8 Å². The number of ether oxygens (including phenoxy) is 1. The standard InChI is InChI=1S/C23H29FN2O3S/c1-16(2)25-23(28)17(3)26(13-19-6-5-7-21(12-19)29-4)22(27)15-30-14-18-8-10-20(24)11-9-18/h5-12,16-17H,13-15H2,1-4H3,(H,25,28). The molecule has 162 valence electrons. The van der Waals surface area contributed by atoms with Crippen LogP contribution in [0.25, 0.3) is 0 Å². The number of hydrogen-bond donors (Lipinski definition) is 1. The van der Waals surface area contributed by atoms with Crippen LogP contribution >= 0.6 is 11.8 Å². The molecule has 1 unspecified atom stereocenters. The third kappa shape index (κ3) is 7.37. The van der Waals surface area contributed by atoms with Crippen LogP contribution in [0.5, 0.6) is 5.75 Å². The number of rotatable bonds is 10. The molecule has 0 aliphatic carbocycles. The minimum atomic E-state index is -0.613. The molecular weight excluding hydrogens is 403 g/mol. The van der Waals surface area contributed by atoms with Gasteiger partial charge in [-0.3, -0.25) is 9.59 Å². The Morgan fingerprint density at radius 3 is 2.43 bits per heavy atom. The Morgan fingerprint density at radius 1 is 1.10 bits per heavy atom. The molecule has 0 bridgehead atoms. The van der Waals surface area contributed by atoms with E-state index in [0.29, 0.717) is 18.0 Å². The molecule has 0 aliphatic heterocycles. The van der Waals surface area contributed by atoms with Crippen LogP contribution in [0.1, 0.15) is 31.9 Å². The van der Waals surface area contributed by atoms with Gasteiger partial charge in [-0.2, -0.15) is 0 Å². The topological polar surface area (TPSA) is 58.6 Å². The van der Waals surface area contributed by atoms with Gasteiger partial charge in [-0.1, -0.05) is 24.3 Å². The minimum Gasteiger partial charge on any atom is -0.497 e. The lowest BCUT2D eigenvalue weighted by Gasteiger charge is -2.29. The SMILES string of the molecule is COc1cccc(CN(C(=O)CSCc2ccc(F)cc2)C(C)C(=O)NC(C)C)c1. The maximum atomic E-state index is 13.0. The summed E-state index contributed by atoms with van der Waals surface area (Å²) in [5.41, 5.74) is 1.83. The number of amides is 2. The molecule has 0 fully saturated rings. The fourth-order valence-corrected chi connectivity index (χ4v) is 3.75. The average molecular weight is 433 g/mol. The Labute approximate surface area is 182 Å². The second-order valence-corrected chi connectivity index (χ2v) is 8.32. The highest BCUT2D eigenvalue weighted by Crippen LogP contribution is 2.19. The van der Waals surface area contributed by atoms with Crippen molar-refractivity contribution in [3.05, 3.63) is 65.5 Å². The van der Waals surface area contributed by atoms with Crippen molar-refractivity contribution in [1.29, 1.82) is 0 Å². The Morgan fingerprint density at radius 2 is 1.80 bits per heavy atom. The first-order valence-corrected chi connectivity index (χ1v) is 11.0. The van der Waals surface area contributed by atoms with E-state index >= 15 is 0 Å². The number of halogens is 1. The Balaban J connectivity index is 2.08. The van der Waals surface area contributed by atoms with Gasteiger partial charge >= 0.3 is 0 Å². The Kier molecular flexibility index (Phi) is 9.17. The highest BCUT2D eigenvalue weighted by atomic mass is 32.2. The van der Waals surface area contributed by atoms with E-state index in [4.69, 9.17) is 4.74 Å². The van der Waals surface area contributed by atoms with Gasteiger partial charge in [-0.05, 0) is 56.2 Å². The number of hydrogen-bond acceptors (Lipinski definition) is 4. The van der Waals surface area contributed by atoms with E-state index in [-0.39, 0.29) is 29.4 Å². The minimum absolute atomic E-state index is 0.0124. The first-order chi connectivity index (χ1) is 14.3. The van der Waals surface area contributed by atoms with Gasteiger partial charge in [-0.15, -0.1) is 11.8 Å². The predicted molar refractivity (Wildman–Crippen MR) is 119 cm³/mol. The molecule has 2 aromatic rings. The quantitative estimate of drug-likeness (QED) is 0.616. The maximum Gasteiger partial charge on any atom is 0.242 e. The van der Waals surface area contributed by atoms with Gasteiger partial charge < -0.3 is 15.0 Å². The molecule has 2 amide bonds. The van der Waals surface area contributed by atoms with E-state index in [1.807, 2.05) is 38.1 Å². The van der Waals surface area contributed by atoms with Crippen molar-refractivity contribution >= 4 is 23.6 Å². The van der Waals surface area contributed by atoms with Crippen molar-refractivity contribution in [2.45, 2.75) is 45.2 Å². The third-order valence-electron chi connectivity index (χ3n) is 4.49. The van der Waals surface area contributed by atoms with Gasteiger partial charge in [0.25, 0.3) is 0 Å². The normalized spacial score (nSPS) is 11.8. The number of benzene rings is 2. The molecule has 2 aromatic carbocycles. The van der Waals surface area contributed by atoms with E-state index in [0.717, 1.165) is 11.1 Å². The summed E-state index contributed by atoms with van der Waals surface area (Å²) in [7, 11) is 1.59. The molecule has 0 spiro atoms. The van der Waals surface area contributed by atoms with Crippen LogP contribution in [-0.2, 0) is 21.9 Å². The zero-order chi connectivity index (χ0) is 22.1. The largest absolute Gasteiger partial charge is 0.497 e. The maximum absolute atomic E-state index is 13.0. The molecule has 0 aromatic heterocycles. The van der Waals surface area contributed by atoms with E-state index < -0.39 is 6.04 Å². The summed E-state index contributed by atoms with van der Waals surface area (Å²) < 4.78 is 18.3. The van der Waals surface area contributed by atoms with E-state index in [1.165, 1.54) is 23.9 Å². The van der Waals surface area contributed by atoms with Crippen LogP contribution in [0.4, 0.5) is 4.39 Å². The zero-order valence-corrected chi connectivity index (χ0v) is 18.7. The highest BCUT2D eigenvalue weighted by Gasteiger charge is 2.26. The van der Waals surface area contributed by atoms with Crippen LogP contribution in [0.15, 0.2) is 48.5 Å². The van der Waals surface area contributed by atoms with Gasteiger partial charge in [0.05, 0.1) is 12.9 Å². The van der Waals surface area contributed by atoms with E-state index in [9.17, 15) is 14.0 Å². The molecular formula is C23H29FN2O3S. The lowest BCUT2D eigenvalue weighted by molar-refractivity contribution is -0.138. The summed E-state index contributed by atoms with van der Waals surface area (Å²) in [5, 5.41) is 2.87. The van der Waals surface area contributed by atoms with Crippen LogP contribution in [0.2, 0.25) is 0 Å². The van der Waals surface area contributed by atoms with Crippen LogP contribution in [-0.4, -0.2) is 41.7 Å². The van der Waals surface area contributed by atoms with Crippen molar-refractivity contribution < 1.29 is 18.7 Å². The summed E-state index contributed by atoms with van der Waals surface area (Å²) in [6.07, 6.45) is 0. The van der Waals surface area contributed by atoms with Gasteiger partial charge in [0, 0.05) is 18.3 Å². The number of methoxy groups -OCH3 is 1. The second-order valence-electron chi connectivity index (χ2n) is 7.33. The van der Waals surface area contributed by atoms with Crippen molar-refractivity contribution in [2.24, 2.45) is 0 Å². The molecule has 0 heterocycles. The van der Waals surface area contributed by atoms with Gasteiger partial charge in [-0.25, -0.2) is 4.39 Å². The molecule has 30 heavy (non-hydrogen) atoms. The van der Waals surface area contributed by atoms with Crippen molar-refractivity contribution in [1.82, 2.24) is 10.2 Å². The number of nitrogens with zero attached hydrogens (tertiary/aromatic N) is 1. The highest BCUT2D eigenvalue weighted by molar-refractivity contribution is 7.99. The first kappa shape index (κ1) is 23.7. The molecule has 0 aliphatic rings. The molecule has 0 saturated heterocycles. The second kappa shape index (κ2) is 11.6. The summed E-state index contributed by atoms with van der Waals surface area (Å²) in [5.74, 6) is 0.909. The summed E-state index contributed by atoms with van der Waals surface area (Å²) in [4.78, 5) is 27.2. The monoisotopic (exact) mass is 432 g/mol. The lowest BCUT2D eigenvalue weighted by atomic mass is 10.1. The van der Waals surface area contributed by atoms with Crippen LogP contribution < -0.4 is 10.1 Å². The fourth-order valence-electron chi connectivity index (χ4n) is 2.87. The summed E-state index contributed by atoms with van der Waals surface area (Å²) in [6, 6.07) is 13.1. The molecule has 0 saturated carbocycles. The molecule has 2 rings (SSSR count). The summed E-state index contributed by atoms with van der Waals surface area (Å²) >= 11 is 1.44. The first-order valence-electron chi connectivity index (χ1n) is 9.85. The molecule has 7 heteroatoms.